The lowest BCUT2D eigenvalue weighted by Crippen LogP contribution is -2.40. The van der Waals surface area contributed by atoms with Crippen LogP contribution in [0.4, 0.5) is 14.9 Å². The maximum absolute atomic E-state index is 14.0. The number of hydrogen-bond donors (Lipinski definition) is 3. The zero-order chi connectivity index (χ0) is 17.0. The second kappa shape index (κ2) is 7.17. The minimum Gasteiger partial charge on any atom is -0.487 e. The molecular formula is C17H25FN2O3. The van der Waals surface area contributed by atoms with Crippen molar-refractivity contribution in [3.8, 4) is 5.75 Å². The van der Waals surface area contributed by atoms with Crippen molar-refractivity contribution >= 4 is 11.7 Å². The maximum atomic E-state index is 14.0. The number of benzene rings is 1. The lowest BCUT2D eigenvalue weighted by molar-refractivity contribution is 0.0654. The third kappa shape index (κ3) is 5.10. The third-order valence-electron chi connectivity index (χ3n) is 3.99. The highest BCUT2D eigenvalue weighted by Gasteiger charge is 2.23. The number of aliphatic hydroxyl groups is 1. The number of carbonyl (C=O) groups excluding carboxylic acids is 1. The Bertz CT molecular complexity index is 553. The summed E-state index contributed by atoms with van der Waals surface area (Å²) in [4.78, 5) is 11.8. The van der Waals surface area contributed by atoms with Crippen molar-refractivity contribution < 1.29 is 19.0 Å². The highest BCUT2D eigenvalue weighted by atomic mass is 19.1. The van der Waals surface area contributed by atoms with Gasteiger partial charge in [-0.3, -0.25) is 0 Å². The van der Waals surface area contributed by atoms with Crippen molar-refractivity contribution in [1.29, 1.82) is 0 Å². The lowest BCUT2D eigenvalue weighted by Gasteiger charge is -2.26. The summed E-state index contributed by atoms with van der Waals surface area (Å²) in [7, 11) is 0. The average Bonchev–Trinajstić information content (AvgIpc) is 2.40. The molecule has 1 aliphatic carbocycles. The Labute approximate surface area is 136 Å². The summed E-state index contributed by atoms with van der Waals surface area (Å²) in [6.07, 6.45) is 2.47. The fourth-order valence-electron chi connectivity index (χ4n) is 2.01. The molecule has 128 valence electrons. The van der Waals surface area contributed by atoms with E-state index in [-0.39, 0.29) is 23.8 Å². The van der Waals surface area contributed by atoms with Crippen LogP contribution in [-0.4, -0.2) is 29.9 Å². The van der Waals surface area contributed by atoms with Crippen LogP contribution in [0.5, 0.6) is 5.75 Å². The molecule has 0 saturated heterocycles. The molecule has 0 bridgehead atoms. The van der Waals surface area contributed by atoms with Crippen molar-refractivity contribution in [3.63, 3.8) is 0 Å². The Morgan fingerprint density at radius 1 is 1.43 bits per heavy atom. The molecule has 6 heteroatoms. The van der Waals surface area contributed by atoms with Crippen LogP contribution in [0.25, 0.3) is 0 Å². The zero-order valence-corrected chi connectivity index (χ0v) is 13.9. The molecule has 3 N–H and O–H groups in total. The lowest BCUT2D eigenvalue weighted by atomic mass is 9.89. The predicted molar refractivity (Wildman–Crippen MR) is 87.2 cm³/mol. The summed E-state index contributed by atoms with van der Waals surface area (Å²) < 4.78 is 19.5. The Morgan fingerprint density at radius 2 is 2.13 bits per heavy atom. The summed E-state index contributed by atoms with van der Waals surface area (Å²) in [5, 5.41) is 15.0. The van der Waals surface area contributed by atoms with Gasteiger partial charge in [0.15, 0.2) is 11.6 Å². The van der Waals surface area contributed by atoms with E-state index < -0.39 is 18.0 Å². The molecule has 2 amide bonds. The van der Waals surface area contributed by atoms with Crippen molar-refractivity contribution in [2.45, 2.75) is 52.2 Å². The van der Waals surface area contributed by atoms with E-state index >= 15 is 0 Å². The van der Waals surface area contributed by atoms with E-state index in [4.69, 9.17) is 4.74 Å². The Morgan fingerprint density at radius 3 is 2.65 bits per heavy atom. The first-order valence-electron chi connectivity index (χ1n) is 7.95. The van der Waals surface area contributed by atoms with E-state index in [1.807, 2.05) is 20.8 Å². The van der Waals surface area contributed by atoms with Gasteiger partial charge in [-0.15, -0.1) is 0 Å². The molecule has 0 heterocycles. The summed E-state index contributed by atoms with van der Waals surface area (Å²) in [5.74, 6) is -0.284. The Hall–Kier alpha value is -1.82. The van der Waals surface area contributed by atoms with Crippen LogP contribution >= 0.6 is 0 Å². The van der Waals surface area contributed by atoms with E-state index in [2.05, 4.69) is 10.6 Å². The zero-order valence-electron chi connectivity index (χ0n) is 13.9. The summed E-state index contributed by atoms with van der Waals surface area (Å²) in [5.41, 5.74) is 0.0195. The van der Waals surface area contributed by atoms with Crippen LogP contribution in [0.1, 0.15) is 40.0 Å². The number of nitrogens with one attached hydrogen (secondary N) is 2. The van der Waals surface area contributed by atoms with Gasteiger partial charge in [-0.25, -0.2) is 9.18 Å². The smallest absolute Gasteiger partial charge is 0.319 e. The van der Waals surface area contributed by atoms with Gasteiger partial charge < -0.3 is 20.5 Å². The number of ether oxygens (including phenoxy) is 1. The van der Waals surface area contributed by atoms with Gasteiger partial charge in [0.25, 0.3) is 0 Å². The molecular weight excluding hydrogens is 299 g/mol. The van der Waals surface area contributed by atoms with Crippen LogP contribution in [0.2, 0.25) is 0 Å². The van der Waals surface area contributed by atoms with Crippen LogP contribution < -0.4 is 15.4 Å². The van der Waals surface area contributed by atoms with Crippen molar-refractivity contribution in [2.75, 3.05) is 11.9 Å². The predicted octanol–water partition coefficient (Wildman–Crippen LogP) is 3.29. The number of urea groups is 1. The van der Waals surface area contributed by atoms with E-state index in [9.17, 15) is 14.3 Å². The van der Waals surface area contributed by atoms with Gasteiger partial charge in [0.2, 0.25) is 0 Å². The average molecular weight is 324 g/mol. The van der Waals surface area contributed by atoms with Gasteiger partial charge in [-0.2, -0.15) is 0 Å². The quantitative estimate of drug-likeness (QED) is 0.778. The van der Waals surface area contributed by atoms with Gasteiger partial charge in [0.1, 0.15) is 0 Å². The molecule has 5 nitrogen and oxygen atoms in total. The molecule has 0 radical (unpaired) electrons. The first-order valence-corrected chi connectivity index (χ1v) is 7.95. The van der Waals surface area contributed by atoms with Gasteiger partial charge in [-0.05, 0) is 36.8 Å². The topological polar surface area (TPSA) is 70.6 Å². The molecule has 1 unspecified atom stereocenters. The first-order chi connectivity index (χ1) is 10.8. The summed E-state index contributed by atoms with van der Waals surface area (Å²) in [6, 6.07) is 3.86. The minimum absolute atomic E-state index is 0.102. The highest BCUT2D eigenvalue weighted by molar-refractivity contribution is 5.89. The van der Waals surface area contributed by atoms with E-state index in [0.717, 1.165) is 19.3 Å². The number of halogens is 1. The molecule has 0 spiro atoms. The molecule has 2 rings (SSSR count). The standard InChI is InChI=1S/C17H25FN2O3/c1-17(2,3)15(21)10-19-16(22)20-11-7-8-14(13(18)9-11)23-12-5-4-6-12/h7-9,12,15,21H,4-6,10H2,1-3H3,(H2,19,20,22). The number of hydrogen-bond acceptors (Lipinski definition) is 3. The molecule has 0 aromatic heterocycles. The number of carbonyl (C=O) groups is 1. The van der Waals surface area contributed by atoms with Gasteiger partial charge in [0.05, 0.1) is 12.2 Å². The van der Waals surface area contributed by atoms with E-state index in [0.29, 0.717) is 5.69 Å². The first kappa shape index (κ1) is 17.5. The molecule has 23 heavy (non-hydrogen) atoms. The maximum Gasteiger partial charge on any atom is 0.319 e. The van der Waals surface area contributed by atoms with Crippen molar-refractivity contribution in [2.24, 2.45) is 5.41 Å². The number of amides is 2. The molecule has 1 fully saturated rings. The number of rotatable bonds is 5. The van der Waals surface area contributed by atoms with Gasteiger partial charge in [-0.1, -0.05) is 20.8 Å². The van der Waals surface area contributed by atoms with Crippen LogP contribution in [0.15, 0.2) is 18.2 Å². The molecule has 1 atom stereocenters. The fraction of sp³-hybridized carbons (Fsp3) is 0.588. The Balaban J connectivity index is 1.84. The second-order valence-electron chi connectivity index (χ2n) is 7.03. The SMILES string of the molecule is CC(C)(C)C(O)CNC(=O)Nc1ccc(OC2CCC2)c(F)c1. The van der Waals surface area contributed by atoms with Crippen molar-refractivity contribution in [1.82, 2.24) is 5.32 Å². The monoisotopic (exact) mass is 324 g/mol. The summed E-state index contributed by atoms with van der Waals surface area (Å²) >= 11 is 0. The molecule has 1 aromatic rings. The second-order valence-corrected chi connectivity index (χ2v) is 7.03. The molecule has 1 aromatic carbocycles. The van der Waals surface area contributed by atoms with Gasteiger partial charge >= 0.3 is 6.03 Å². The van der Waals surface area contributed by atoms with E-state index in [1.165, 1.54) is 12.1 Å². The van der Waals surface area contributed by atoms with Crippen LogP contribution in [0, 0.1) is 11.2 Å². The Kier molecular flexibility index (Phi) is 5.46. The van der Waals surface area contributed by atoms with Gasteiger partial charge in [0, 0.05) is 18.3 Å². The summed E-state index contributed by atoms with van der Waals surface area (Å²) in [6.45, 7) is 5.77. The van der Waals surface area contributed by atoms with Crippen LogP contribution in [-0.2, 0) is 0 Å². The molecule has 1 aliphatic rings. The largest absolute Gasteiger partial charge is 0.487 e. The number of aliphatic hydroxyl groups excluding tert-OH is 1. The molecule has 1 saturated carbocycles. The normalized spacial score (nSPS) is 16.4. The van der Waals surface area contributed by atoms with E-state index in [1.54, 1.807) is 6.07 Å². The molecule has 0 aliphatic heterocycles. The third-order valence-corrected chi connectivity index (χ3v) is 3.99. The number of anilines is 1. The fourth-order valence-corrected chi connectivity index (χ4v) is 2.01. The van der Waals surface area contributed by atoms with Crippen LogP contribution in [0.3, 0.4) is 0 Å². The van der Waals surface area contributed by atoms with Crippen molar-refractivity contribution in [3.05, 3.63) is 24.0 Å². The minimum atomic E-state index is -0.664. The highest BCUT2D eigenvalue weighted by Crippen LogP contribution is 2.28.